The van der Waals surface area contributed by atoms with E-state index in [1.165, 1.54) is 0 Å². The molecule has 2 nitrogen and oxygen atoms in total. The molecule has 0 saturated heterocycles. The number of aliphatic imine (C=N–C) groups is 1. The second-order valence-electron chi connectivity index (χ2n) is 3.09. The van der Waals surface area contributed by atoms with E-state index in [1.54, 1.807) is 11.8 Å². The van der Waals surface area contributed by atoms with Crippen LogP contribution >= 0.6 is 35.0 Å². The van der Waals surface area contributed by atoms with Gasteiger partial charge in [0.25, 0.3) is 0 Å². The number of halogens is 2. The predicted molar refractivity (Wildman–Crippen MR) is 55.3 cm³/mol. The third kappa shape index (κ3) is 2.01. The van der Waals surface area contributed by atoms with Crippen molar-refractivity contribution in [3.8, 4) is 0 Å². The van der Waals surface area contributed by atoms with Crippen LogP contribution in [0.1, 0.15) is 6.42 Å². The van der Waals surface area contributed by atoms with Crippen molar-refractivity contribution in [1.82, 2.24) is 5.32 Å². The van der Waals surface area contributed by atoms with Crippen molar-refractivity contribution in [1.29, 1.82) is 0 Å². The van der Waals surface area contributed by atoms with Gasteiger partial charge in [-0.05, 0) is 6.42 Å². The third-order valence-electron chi connectivity index (χ3n) is 2.02. The zero-order chi connectivity index (χ0) is 8.60. The minimum atomic E-state index is -0.438. The quantitative estimate of drug-likeness (QED) is 0.725. The summed E-state index contributed by atoms with van der Waals surface area (Å²) in [6.07, 6.45) is 0.927. The van der Waals surface area contributed by atoms with Gasteiger partial charge < -0.3 is 5.32 Å². The van der Waals surface area contributed by atoms with Crippen LogP contribution in [-0.4, -0.2) is 28.3 Å². The third-order valence-corrected chi connectivity index (χ3v) is 4.06. The van der Waals surface area contributed by atoms with E-state index >= 15 is 0 Å². The van der Waals surface area contributed by atoms with E-state index in [4.69, 9.17) is 23.2 Å². The number of amidine groups is 1. The first-order valence-electron chi connectivity index (χ1n) is 3.97. The molecule has 1 N–H and O–H groups in total. The Balaban J connectivity index is 1.70. The van der Waals surface area contributed by atoms with Gasteiger partial charge >= 0.3 is 0 Å². The topological polar surface area (TPSA) is 24.4 Å². The van der Waals surface area contributed by atoms with Gasteiger partial charge in [-0.15, -0.1) is 23.2 Å². The van der Waals surface area contributed by atoms with E-state index in [0.717, 1.165) is 30.4 Å². The smallest absolute Gasteiger partial charge is 0.156 e. The molecule has 12 heavy (non-hydrogen) atoms. The normalized spacial score (nSPS) is 31.2. The summed E-state index contributed by atoms with van der Waals surface area (Å²) in [4.78, 5) is 4.27. The molecule has 0 spiro atoms. The van der Waals surface area contributed by atoms with Gasteiger partial charge in [-0.3, -0.25) is 4.99 Å². The van der Waals surface area contributed by atoms with Gasteiger partial charge in [0.2, 0.25) is 0 Å². The number of rotatable bonds is 2. The molecule has 0 aromatic rings. The van der Waals surface area contributed by atoms with E-state index in [0.29, 0.717) is 5.92 Å². The molecule has 0 radical (unpaired) electrons. The summed E-state index contributed by atoms with van der Waals surface area (Å²) in [5.41, 5.74) is 0. The van der Waals surface area contributed by atoms with E-state index < -0.39 is 4.33 Å². The van der Waals surface area contributed by atoms with E-state index in [-0.39, 0.29) is 0 Å². The molecule has 5 heteroatoms. The maximum absolute atomic E-state index is 5.88. The molecule has 1 fully saturated rings. The molecule has 1 aliphatic carbocycles. The fourth-order valence-electron chi connectivity index (χ4n) is 1.10. The van der Waals surface area contributed by atoms with Crippen LogP contribution in [0.25, 0.3) is 0 Å². The van der Waals surface area contributed by atoms with Gasteiger partial charge in [-0.25, -0.2) is 0 Å². The first-order valence-corrected chi connectivity index (χ1v) is 5.71. The Morgan fingerprint density at radius 1 is 1.67 bits per heavy atom. The van der Waals surface area contributed by atoms with Gasteiger partial charge in [0.15, 0.2) is 5.17 Å². The number of thioether (sulfide) groups is 1. The second-order valence-corrected chi connectivity index (χ2v) is 5.64. The van der Waals surface area contributed by atoms with Gasteiger partial charge in [-0.1, -0.05) is 11.8 Å². The van der Waals surface area contributed by atoms with Crippen LogP contribution in [0, 0.1) is 5.92 Å². The van der Waals surface area contributed by atoms with Crippen molar-refractivity contribution in [2.75, 3.05) is 18.8 Å². The summed E-state index contributed by atoms with van der Waals surface area (Å²) in [6.45, 7) is 1.87. The average molecular weight is 225 g/mol. The Hall–Kier alpha value is 0.400. The Kier molecular flexibility index (Phi) is 2.45. The molecule has 0 unspecified atom stereocenters. The van der Waals surface area contributed by atoms with Crippen molar-refractivity contribution < 1.29 is 0 Å². The molecule has 2 aliphatic rings. The van der Waals surface area contributed by atoms with Crippen LogP contribution in [-0.2, 0) is 0 Å². The lowest BCUT2D eigenvalue weighted by atomic mass is 10.5. The van der Waals surface area contributed by atoms with Crippen LogP contribution in [0.2, 0.25) is 0 Å². The number of alkyl halides is 2. The Morgan fingerprint density at radius 2 is 2.42 bits per heavy atom. The molecule has 1 saturated carbocycles. The van der Waals surface area contributed by atoms with Gasteiger partial charge in [0.05, 0.1) is 6.54 Å². The molecule has 1 aliphatic heterocycles. The highest BCUT2D eigenvalue weighted by Crippen LogP contribution is 2.54. The molecule has 68 valence electrons. The van der Waals surface area contributed by atoms with Crippen LogP contribution in [0.3, 0.4) is 0 Å². The minimum Gasteiger partial charge on any atom is -0.363 e. The molecule has 0 aromatic carbocycles. The fraction of sp³-hybridized carbons (Fsp3) is 0.857. The monoisotopic (exact) mass is 224 g/mol. The molecule has 1 heterocycles. The SMILES string of the molecule is ClC1(Cl)C[C@@H]1CSC1=NCCN1. The Labute approximate surface area is 86.1 Å². The summed E-state index contributed by atoms with van der Waals surface area (Å²) < 4.78 is -0.438. The number of nitrogens with zero attached hydrogens (tertiary/aromatic N) is 1. The van der Waals surface area contributed by atoms with Crippen molar-refractivity contribution in [2.45, 2.75) is 10.8 Å². The number of hydrogen-bond donors (Lipinski definition) is 1. The summed E-state index contributed by atoms with van der Waals surface area (Å²) in [6, 6.07) is 0. The first-order chi connectivity index (χ1) is 5.68. The average Bonchev–Trinajstić information content (AvgIpc) is 2.54. The lowest BCUT2D eigenvalue weighted by Gasteiger charge is -2.00. The van der Waals surface area contributed by atoms with Crippen molar-refractivity contribution in [3.63, 3.8) is 0 Å². The zero-order valence-corrected chi connectivity index (χ0v) is 8.85. The van der Waals surface area contributed by atoms with Gasteiger partial charge in [-0.2, -0.15) is 0 Å². The summed E-state index contributed by atoms with van der Waals surface area (Å²) in [7, 11) is 0. The van der Waals surface area contributed by atoms with Crippen molar-refractivity contribution in [2.24, 2.45) is 10.9 Å². The molecule has 0 bridgehead atoms. The highest BCUT2D eigenvalue weighted by molar-refractivity contribution is 8.13. The first kappa shape index (κ1) is 8.97. The maximum Gasteiger partial charge on any atom is 0.156 e. The van der Waals surface area contributed by atoms with E-state index in [2.05, 4.69) is 10.3 Å². The summed E-state index contributed by atoms with van der Waals surface area (Å²) in [5.74, 6) is 1.44. The predicted octanol–water partition coefficient (Wildman–Crippen LogP) is 1.87. The lowest BCUT2D eigenvalue weighted by Crippen LogP contribution is -2.15. The highest BCUT2D eigenvalue weighted by Gasteiger charge is 2.51. The fourth-order valence-corrected chi connectivity index (χ4v) is 2.96. The Morgan fingerprint density at radius 3 is 2.92 bits per heavy atom. The van der Waals surface area contributed by atoms with Crippen molar-refractivity contribution in [3.05, 3.63) is 0 Å². The maximum atomic E-state index is 5.88. The second kappa shape index (κ2) is 3.28. The highest BCUT2D eigenvalue weighted by atomic mass is 35.5. The molecule has 0 aromatic heterocycles. The van der Waals surface area contributed by atoms with Crippen LogP contribution in [0.15, 0.2) is 4.99 Å². The summed E-state index contributed by atoms with van der Waals surface area (Å²) >= 11 is 13.5. The Bertz CT molecular complexity index is 217. The van der Waals surface area contributed by atoms with Gasteiger partial charge in [0.1, 0.15) is 4.33 Å². The largest absolute Gasteiger partial charge is 0.363 e. The van der Waals surface area contributed by atoms with E-state index in [9.17, 15) is 0 Å². The standard InChI is InChI=1S/C7H10Cl2N2S/c8-7(9)3-5(7)4-12-6-10-1-2-11-6/h5H,1-4H2,(H,10,11)/t5-/m1/s1. The number of hydrogen-bond acceptors (Lipinski definition) is 3. The van der Waals surface area contributed by atoms with E-state index in [1.807, 2.05) is 0 Å². The number of nitrogens with one attached hydrogen (secondary N) is 1. The van der Waals surface area contributed by atoms with Gasteiger partial charge in [0, 0.05) is 18.2 Å². The van der Waals surface area contributed by atoms with Crippen LogP contribution in [0.4, 0.5) is 0 Å². The molecular weight excluding hydrogens is 215 g/mol. The molecule has 2 rings (SSSR count). The van der Waals surface area contributed by atoms with Crippen LogP contribution in [0.5, 0.6) is 0 Å². The zero-order valence-electron chi connectivity index (χ0n) is 6.52. The molecule has 0 amide bonds. The lowest BCUT2D eigenvalue weighted by molar-refractivity contribution is 0.962. The van der Waals surface area contributed by atoms with Crippen molar-refractivity contribution >= 4 is 40.1 Å². The molecular formula is C7H10Cl2N2S. The van der Waals surface area contributed by atoms with Crippen LogP contribution < -0.4 is 5.32 Å². The minimum absolute atomic E-state index is 0.438. The summed E-state index contributed by atoms with van der Waals surface area (Å²) in [5, 5.41) is 4.24. The molecule has 1 atom stereocenters.